The third-order valence-corrected chi connectivity index (χ3v) is 15.6. The van der Waals surface area contributed by atoms with Crippen LogP contribution >= 0.6 is 11.3 Å². The number of carbonyl (C=O) groups is 3. The van der Waals surface area contributed by atoms with Gasteiger partial charge < -0.3 is 40.5 Å². The largest absolute Gasteiger partial charge is 0.508 e. The van der Waals surface area contributed by atoms with Gasteiger partial charge in [-0.15, -0.1) is 11.3 Å². The van der Waals surface area contributed by atoms with Crippen LogP contribution in [0.15, 0.2) is 60.2 Å². The summed E-state index contributed by atoms with van der Waals surface area (Å²) in [5.41, 5.74) is 3.23. The lowest BCUT2D eigenvalue weighted by Gasteiger charge is -2.37. The van der Waals surface area contributed by atoms with Crippen LogP contribution in [0.5, 0.6) is 11.8 Å². The van der Waals surface area contributed by atoms with Crippen molar-refractivity contribution in [3.63, 3.8) is 0 Å². The molecule has 6 aromatic rings. The molecule has 0 saturated carbocycles. The number of aromatic nitrogens is 4. The quantitative estimate of drug-likeness (QED) is 0.0731. The molecular formula is C55H65F2N9O7S. The summed E-state index contributed by atoms with van der Waals surface area (Å²) >= 11 is 1.56. The van der Waals surface area contributed by atoms with Gasteiger partial charge in [0.2, 0.25) is 17.7 Å². The molecule has 74 heavy (non-hydrogen) atoms. The van der Waals surface area contributed by atoms with Crippen LogP contribution in [-0.4, -0.2) is 132 Å². The van der Waals surface area contributed by atoms with Crippen LogP contribution in [0.1, 0.15) is 90.1 Å². The van der Waals surface area contributed by atoms with E-state index in [1.165, 1.54) is 35.4 Å². The molecule has 1 unspecified atom stereocenters. The molecule has 9 rings (SSSR count). The lowest BCUT2D eigenvalue weighted by molar-refractivity contribution is -0.144. The molecule has 6 heterocycles. The number of aliphatic hydroxyl groups excluding tert-OH is 1. The summed E-state index contributed by atoms with van der Waals surface area (Å²) in [4.78, 5) is 66.6. The molecular weight excluding hydrogens is 969 g/mol. The predicted molar refractivity (Wildman–Crippen MR) is 280 cm³/mol. The fourth-order valence-corrected chi connectivity index (χ4v) is 11.6. The van der Waals surface area contributed by atoms with Gasteiger partial charge in [-0.3, -0.25) is 24.3 Å². The Hall–Kier alpha value is -6.41. The Morgan fingerprint density at radius 1 is 1.03 bits per heavy atom. The van der Waals surface area contributed by atoms with Gasteiger partial charge in [-0.1, -0.05) is 58.0 Å². The van der Waals surface area contributed by atoms with E-state index in [0.717, 1.165) is 21.7 Å². The lowest BCUT2D eigenvalue weighted by atomic mass is 9.85. The number of hydrogen-bond donors (Lipinski definition) is 5. The zero-order valence-electron chi connectivity index (χ0n) is 42.9. The van der Waals surface area contributed by atoms with Gasteiger partial charge in [-0.25, -0.2) is 13.8 Å². The summed E-state index contributed by atoms with van der Waals surface area (Å²) in [7, 11) is 0. The highest BCUT2D eigenvalue weighted by Crippen LogP contribution is 2.40. The zero-order valence-corrected chi connectivity index (χ0v) is 43.7. The highest BCUT2D eigenvalue weighted by atomic mass is 32.1. The maximum absolute atomic E-state index is 17.1. The number of thiazole rings is 1. The second-order valence-electron chi connectivity index (χ2n) is 21.6. The van der Waals surface area contributed by atoms with Gasteiger partial charge in [0.15, 0.2) is 5.82 Å². The van der Waals surface area contributed by atoms with Crippen LogP contribution in [0.2, 0.25) is 0 Å². The number of phenols is 1. The number of aliphatic hydroxyl groups is 2. The number of pyridine rings is 1. The highest BCUT2D eigenvalue weighted by molar-refractivity contribution is 7.13. The van der Waals surface area contributed by atoms with Gasteiger partial charge in [0.25, 0.3) is 0 Å². The fraction of sp³-hybridized carbons (Fsp3) is 0.473. The standard InChI is InChI=1S/C55H65F2N9O7S/c1-8-38-41(56)15-14-35-20-36(67)21-39(44(35)38)46-45(57)47-40(23-58-46)50(65-18-9-17-55(7,72)28-65)63-53(62-47)73-27-32-16-19-64(24-32)26-43(69)61-49(54(4,5)6)52(71)66-25-37(68)22-42(66)51(70)60-30(2)33-10-12-34(13-11-33)48-31(3)59-29-74-48/h10-15,20-21,23,29-30,32,37,42,49,67-68,72H,8-9,16-19,22,24-28H2,1-7H3,(H,60,70)(H,61,69)/t30-,32?,37+,42-,49+,55+/m0/s1. The van der Waals surface area contributed by atoms with E-state index < -0.39 is 52.7 Å². The van der Waals surface area contributed by atoms with E-state index in [4.69, 9.17) is 9.72 Å². The van der Waals surface area contributed by atoms with Crippen LogP contribution in [0, 0.1) is 29.9 Å². The summed E-state index contributed by atoms with van der Waals surface area (Å²) in [6.07, 6.45) is 2.81. The number of nitrogens with one attached hydrogen (secondary N) is 2. The minimum absolute atomic E-state index is 0.0123. The number of β-amino-alcohol motifs (C(OH)–C–C–N with tert-alkyl or cyclic N) is 2. The van der Waals surface area contributed by atoms with Crippen molar-refractivity contribution in [2.24, 2.45) is 11.3 Å². The molecule has 3 aliphatic heterocycles. The molecule has 3 fully saturated rings. The smallest absolute Gasteiger partial charge is 0.319 e. The molecule has 5 N–H and O–H groups in total. The number of aromatic hydroxyl groups is 1. The average Bonchev–Trinajstić information content (AvgIpc) is 4.11. The number of nitrogens with zero attached hydrogens (tertiary/aromatic N) is 7. The van der Waals surface area contributed by atoms with E-state index in [9.17, 15) is 29.7 Å². The number of amides is 3. The first-order valence-corrected chi connectivity index (χ1v) is 26.3. The molecule has 3 amide bonds. The second kappa shape index (κ2) is 21.1. The fourth-order valence-electron chi connectivity index (χ4n) is 10.8. The zero-order chi connectivity index (χ0) is 52.8. The Bertz CT molecular complexity index is 3090. The van der Waals surface area contributed by atoms with E-state index >= 15 is 8.78 Å². The summed E-state index contributed by atoms with van der Waals surface area (Å²) in [6.45, 7) is 14.7. The number of hydrogen-bond acceptors (Lipinski definition) is 14. The van der Waals surface area contributed by atoms with Crippen LogP contribution in [-0.2, 0) is 20.8 Å². The molecule has 3 saturated heterocycles. The number of phenolic OH excluding ortho intramolecular Hbond substituents is 1. The lowest BCUT2D eigenvalue weighted by Crippen LogP contribution is -2.58. The third-order valence-electron chi connectivity index (χ3n) is 14.6. The van der Waals surface area contributed by atoms with Crippen LogP contribution in [0.25, 0.3) is 43.4 Å². The van der Waals surface area contributed by atoms with Gasteiger partial charge in [-0.05, 0) is 104 Å². The van der Waals surface area contributed by atoms with Gasteiger partial charge in [0, 0.05) is 50.3 Å². The first kappa shape index (κ1) is 52.5. The maximum Gasteiger partial charge on any atom is 0.319 e. The molecule has 0 aliphatic carbocycles. The Morgan fingerprint density at radius 2 is 1.80 bits per heavy atom. The monoisotopic (exact) mass is 1030 g/mol. The molecule has 3 aliphatic rings. The molecule has 6 atom stereocenters. The molecule has 0 bridgehead atoms. The molecule has 392 valence electrons. The average molecular weight is 1030 g/mol. The van der Waals surface area contributed by atoms with Crippen molar-refractivity contribution >= 4 is 56.6 Å². The number of anilines is 1. The normalized spacial score (nSPS) is 21.3. The van der Waals surface area contributed by atoms with Gasteiger partial charge in [0.05, 0.1) is 52.4 Å². The molecule has 3 aromatic carbocycles. The van der Waals surface area contributed by atoms with Crippen molar-refractivity contribution in [3.8, 4) is 33.5 Å². The number of carbonyl (C=O) groups excluding carboxylic acids is 3. The second-order valence-corrected chi connectivity index (χ2v) is 22.4. The minimum Gasteiger partial charge on any atom is -0.508 e. The number of ether oxygens (including phenoxy) is 1. The number of halogens is 2. The van der Waals surface area contributed by atoms with E-state index in [1.807, 2.05) is 74.2 Å². The molecule has 0 spiro atoms. The summed E-state index contributed by atoms with van der Waals surface area (Å²) < 4.78 is 38.6. The van der Waals surface area contributed by atoms with Crippen molar-refractivity contribution in [2.45, 2.75) is 110 Å². The highest BCUT2D eigenvalue weighted by Gasteiger charge is 2.45. The minimum atomic E-state index is -1.03. The van der Waals surface area contributed by atoms with Crippen molar-refractivity contribution < 1.29 is 43.2 Å². The number of fused-ring (bicyclic) bond motifs is 2. The molecule has 3 aromatic heterocycles. The van der Waals surface area contributed by atoms with Gasteiger partial charge in [0.1, 0.15) is 40.7 Å². The van der Waals surface area contributed by atoms with Crippen LogP contribution in [0.3, 0.4) is 0 Å². The maximum atomic E-state index is 17.1. The SMILES string of the molecule is CCc1c(F)ccc2cc(O)cc(-c3ncc4c(N5CCC[C@@](C)(O)C5)nc(OCC5CCN(CC(=O)N[C@H](C(=O)N6C[C@H](O)C[C@H]6C(=O)N[C@@H](C)c6ccc(-c7scnc7C)cc6)C(C)(C)C)C5)nc4c3F)c12. The summed E-state index contributed by atoms with van der Waals surface area (Å²) in [5, 5.41) is 39.8. The summed E-state index contributed by atoms with van der Waals surface area (Å²) in [5.74, 6) is -2.36. The molecule has 16 nitrogen and oxygen atoms in total. The predicted octanol–water partition coefficient (Wildman–Crippen LogP) is 7.25. The van der Waals surface area contributed by atoms with Crippen molar-refractivity contribution in [1.82, 2.24) is 40.4 Å². The molecule has 19 heteroatoms. The van der Waals surface area contributed by atoms with Gasteiger partial charge in [-0.2, -0.15) is 9.97 Å². The first-order valence-electron chi connectivity index (χ1n) is 25.4. The number of piperidine rings is 1. The first-order chi connectivity index (χ1) is 35.2. The Labute approximate surface area is 433 Å². The van der Waals surface area contributed by atoms with Gasteiger partial charge >= 0.3 is 6.01 Å². The number of rotatable bonds is 14. The van der Waals surface area contributed by atoms with Crippen molar-refractivity contribution in [3.05, 3.63) is 88.7 Å². The number of aryl methyl sites for hydroxylation is 2. The van der Waals surface area contributed by atoms with E-state index in [0.29, 0.717) is 72.9 Å². The Kier molecular flexibility index (Phi) is 14.9. The van der Waals surface area contributed by atoms with E-state index in [2.05, 4.69) is 25.6 Å². The Balaban J connectivity index is 0.871. The molecule has 0 radical (unpaired) electrons. The topological polar surface area (TPSA) is 206 Å². The van der Waals surface area contributed by atoms with E-state index in [1.54, 1.807) is 25.2 Å². The number of likely N-dealkylation sites (tertiary alicyclic amines) is 2. The Morgan fingerprint density at radius 3 is 2.50 bits per heavy atom. The van der Waals surface area contributed by atoms with Crippen LogP contribution in [0.4, 0.5) is 14.6 Å². The van der Waals surface area contributed by atoms with Crippen molar-refractivity contribution in [2.75, 3.05) is 50.8 Å². The third kappa shape index (κ3) is 11.0. The van der Waals surface area contributed by atoms with Crippen molar-refractivity contribution in [1.29, 1.82) is 0 Å². The van der Waals surface area contributed by atoms with E-state index in [-0.39, 0.29) is 79.1 Å². The summed E-state index contributed by atoms with van der Waals surface area (Å²) in [6, 6.07) is 11.2. The number of benzene rings is 3. The van der Waals surface area contributed by atoms with Crippen LogP contribution < -0.4 is 20.3 Å².